The van der Waals surface area contributed by atoms with Crippen LogP contribution >= 0.6 is 0 Å². The smallest absolute Gasteiger partial charge is 0.179 e. The normalized spacial score (nSPS) is 12.5. The number of hydrogen-bond acceptors (Lipinski definition) is 3. The van der Waals surface area contributed by atoms with E-state index in [1.807, 2.05) is 54.6 Å². The van der Waals surface area contributed by atoms with Crippen molar-refractivity contribution >= 4 is 32.6 Å². The summed E-state index contributed by atoms with van der Waals surface area (Å²) in [6.45, 7) is 1.27. The maximum atomic E-state index is 12.0. The summed E-state index contributed by atoms with van der Waals surface area (Å²) in [5, 5.41) is 0.874. The van der Waals surface area contributed by atoms with Gasteiger partial charge in [-0.2, -0.15) is 0 Å². The van der Waals surface area contributed by atoms with Crippen LogP contribution in [0.2, 0.25) is 0 Å². The van der Waals surface area contributed by atoms with Crippen LogP contribution in [-0.2, 0) is 14.6 Å². The van der Waals surface area contributed by atoms with E-state index in [0.29, 0.717) is 5.56 Å². The first-order valence-corrected chi connectivity index (χ1v) is 9.36. The number of hydrogen-bond donors (Lipinski definition) is 1. The van der Waals surface area contributed by atoms with Crippen LogP contribution in [0, 0.1) is 0 Å². The fourth-order valence-corrected chi connectivity index (χ4v) is 3.60. The van der Waals surface area contributed by atoms with Crippen molar-refractivity contribution in [3.8, 4) is 11.3 Å². The molecule has 122 valence electrons. The molecule has 24 heavy (non-hydrogen) atoms. The molecule has 0 amide bonds. The summed E-state index contributed by atoms with van der Waals surface area (Å²) in [4.78, 5) is 15.0. The minimum absolute atomic E-state index is 0.190. The number of aromatic amines is 1. The Morgan fingerprint density at radius 3 is 2.25 bits per heavy atom. The maximum Gasteiger partial charge on any atom is 0.179 e. The van der Waals surface area contributed by atoms with Crippen molar-refractivity contribution in [2.75, 3.05) is 6.26 Å². The molecule has 0 fully saturated rings. The zero-order valence-corrected chi connectivity index (χ0v) is 14.2. The van der Waals surface area contributed by atoms with Gasteiger partial charge in [-0.3, -0.25) is 4.79 Å². The molecular weight excluding hydrogens is 322 g/mol. The molecule has 0 radical (unpaired) electrons. The van der Waals surface area contributed by atoms with E-state index in [-0.39, 0.29) is 4.91 Å². The van der Waals surface area contributed by atoms with Gasteiger partial charge in [-0.05, 0) is 24.6 Å². The molecule has 1 N–H and O–H groups in total. The highest BCUT2D eigenvalue weighted by molar-refractivity contribution is 7.95. The van der Waals surface area contributed by atoms with Crippen LogP contribution in [-0.4, -0.2) is 25.4 Å². The number of H-pyrrole nitrogens is 1. The SMILES string of the molecule is CC(=O)/C(=C\c1c(-c2ccccc2)[nH]c2ccccc12)S(C)(=O)=O. The van der Waals surface area contributed by atoms with Gasteiger partial charge in [-0.25, -0.2) is 8.42 Å². The molecule has 0 unspecified atom stereocenters. The lowest BCUT2D eigenvalue weighted by atomic mass is 10.0. The Kier molecular flexibility index (Phi) is 4.11. The average molecular weight is 339 g/mol. The molecule has 0 aliphatic rings. The predicted octanol–water partition coefficient (Wildman–Crippen LogP) is 3.81. The Balaban J connectivity index is 2.36. The lowest BCUT2D eigenvalue weighted by Gasteiger charge is -2.04. The fraction of sp³-hybridized carbons (Fsp3) is 0.105. The summed E-state index contributed by atoms with van der Waals surface area (Å²) in [6, 6.07) is 17.2. The van der Waals surface area contributed by atoms with Crippen LogP contribution in [0.1, 0.15) is 12.5 Å². The van der Waals surface area contributed by atoms with Gasteiger partial charge in [0.2, 0.25) is 0 Å². The Bertz CT molecular complexity index is 1040. The zero-order chi connectivity index (χ0) is 17.3. The van der Waals surface area contributed by atoms with Crippen molar-refractivity contribution in [2.45, 2.75) is 6.92 Å². The number of allylic oxidation sites excluding steroid dienone is 1. The lowest BCUT2D eigenvalue weighted by molar-refractivity contribution is -0.112. The molecule has 0 aliphatic carbocycles. The first-order valence-electron chi connectivity index (χ1n) is 7.47. The number of nitrogens with one attached hydrogen (secondary N) is 1. The number of para-hydroxylation sites is 1. The molecule has 1 heterocycles. The van der Waals surface area contributed by atoms with Crippen LogP contribution in [0.3, 0.4) is 0 Å². The highest BCUT2D eigenvalue weighted by Crippen LogP contribution is 2.32. The number of aromatic nitrogens is 1. The van der Waals surface area contributed by atoms with Crippen molar-refractivity contribution in [3.63, 3.8) is 0 Å². The molecule has 0 saturated carbocycles. The summed E-state index contributed by atoms with van der Waals surface area (Å²) in [7, 11) is -3.61. The van der Waals surface area contributed by atoms with Gasteiger partial charge in [0.05, 0.1) is 5.69 Å². The Morgan fingerprint density at radius 2 is 1.62 bits per heavy atom. The van der Waals surface area contributed by atoms with E-state index in [1.165, 1.54) is 13.0 Å². The van der Waals surface area contributed by atoms with Crippen molar-refractivity contribution < 1.29 is 13.2 Å². The van der Waals surface area contributed by atoms with Gasteiger partial charge in [0.25, 0.3) is 0 Å². The molecule has 0 aliphatic heterocycles. The number of sulfone groups is 1. The first-order chi connectivity index (χ1) is 11.4. The molecule has 3 aromatic rings. The minimum atomic E-state index is -3.61. The quantitative estimate of drug-likeness (QED) is 0.735. The van der Waals surface area contributed by atoms with Gasteiger partial charge in [-0.15, -0.1) is 0 Å². The summed E-state index contributed by atoms with van der Waals surface area (Å²) >= 11 is 0. The largest absolute Gasteiger partial charge is 0.354 e. The van der Waals surface area contributed by atoms with Crippen LogP contribution in [0.4, 0.5) is 0 Å². The third-order valence-electron chi connectivity index (χ3n) is 3.83. The van der Waals surface area contributed by atoms with Crippen molar-refractivity contribution in [1.82, 2.24) is 4.98 Å². The minimum Gasteiger partial charge on any atom is -0.354 e. The average Bonchev–Trinajstić information content (AvgIpc) is 2.90. The number of ketones is 1. The van der Waals surface area contributed by atoms with E-state index in [4.69, 9.17) is 0 Å². The second kappa shape index (κ2) is 6.09. The second-order valence-electron chi connectivity index (χ2n) is 5.66. The van der Waals surface area contributed by atoms with E-state index >= 15 is 0 Å². The van der Waals surface area contributed by atoms with Crippen LogP contribution in [0.25, 0.3) is 28.2 Å². The third kappa shape index (κ3) is 3.03. The van der Waals surface area contributed by atoms with E-state index in [1.54, 1.807) is 0 Å². The number of carbonyl (C=O) groups is 1. The summed E-state index contributed by atoms with van der Waals surface area (Å²) in [6.07, 6.45) is 2.52. The van der Waals surface area contributed by atoms with E-state index in [0.717, 1.165) is 28.4 Å². The fourth-order valence-electron chi connectivity index (χ4n) is 2.75. The van der Waals surface area contributed by atoms with Gasteiger partial charge in [-0.1, -0.05) is 48.5 Å². The van der Waals surface area contributed by atoms with Gasteiger partial charge in [0.1, 0.15) is 4.91 Å². The van der Waals surface area contributed by atoms with Crippen molar-refractivity contribution in [1.29, 1.82) is 0 Å². The molecule has 3 rings (SSSR count). The first kappa shape index (κ1) is 16.2. The second-order valence-corrected chi connectivity index (χ2v) is 7.65. The van der Waals surface area contributed by atoms with Crippen molar-refractivity contribution in [2.24, 2.45) is 0 Å². The molecule has 1 aromatic heterocycles. The summed E-state index contributed by atoms with van der Waals surface area (Å²) in [5.41, 5.74) is 3.31. The molecule has 0 spiro atoms. The highest BCUT2D eigenvalue weighted by Gasteiger charge is 2.19. The molecule has 2 aromatic carbocycles. The standard InChI is InChI=1S/C19H17NO3S/c1-13(21)18(24(2,22)23)12-16-15-10-6-7-11-17(15)20-19(16)14-8-4-3-5-9-14/h3-12,20H,1-2H3/b18-12+. The predicted molar refractivity (Wildman–Crippen MR) is 97.2 cm³/mol. The van der Waals surface area contributed by atoms with Crippen LogP contribution < -0.4 is 0 Å². The zero-order valence-electron chi connectivity index (χ0n) is 13.4. The monoisotopic (exact) mass is 339 g/mol. The van der Waals surface area contributed by atoms with E-state index in [9.17, 15) is 13.2 Å². The molecule has 4 nitrogen and oxygen atoms in total. The number of carbonyl (C=O) groups excluding carboxylic acids is 1. The van der Waals surface area contributed by atoms with E-state index in [2.05, 4.69) is 4.98 Å². The van der Waals surface area contributed by atoms with Gasteiger partial charge in [0, 0.05) is 22.7 Å². The van der Waals surface area contributed by atoms with Crippen LogP contribution in [0.15, 0.2) is 59.5 Å². The van der Waals surface area contributed by atoms with Gasteiger partial charge >= 0.3 is 0 Å². The lowest BCUT2D eigenvalue weighted by Crippen LogP contribution is -2.08. The number of Topliss-reactive ketones (excluding diaryl/α,β-unsaturated/α-hetero) is 1. The molecule has 0 bridgehead atoms. The van der Waals surface area contributed by atoms with Crippen LogP contribution in [0.5, 0.6) is 0 Å². The number of fused-ring (bicyclic) bond motifs is 1. The van der Waals surface area contributed by atoms with Gasteiger partial charge in [0.15, 0.2) is 15.6 Å². The number of rotatable bonds is 4. The Morgan fingerprint density at radius 1 is 1.00 bits per heavy atom. The molecule has 5 heteroatoms. The number of benzene rings is 2. The third-order valence-corrected chi connectivity index (χ3v) is 5.03. The topological polar surface area (TPSA) is 67.0 Å². The summed E-state index contributed by atoms with van der Waals surface area (Å²) in [5.74, 6) is -0.471. The van der Waals surface area contributed by atoms with Crippen molar-refractivity contribution in [3.05, 3.63) is 65.1 Å². The summed E-state index contributed by atoms with van der Waals surface area (Å²) < 4.78 is 24.0. The van der Waals surface area contributed by atoms with Gasteiger partial charge < -0.3 is 4.98 Å². The maximum absolute atomic E-state index is 12.0. The molecule has 0 atom stereocenters. The molecular formula is C19H17NO3S. The van der Waals surface area contributed by atoms with E-state index < -0.39 is 15.6 Å². The Labute approximate surface area is 140 Å². The highest BCUT2D eigenvalue weighted by atomic mass is 32.2. The Hall–Kier alpha value is -2.66. The molecule has 0 saturated heterocycles.